The van der Waals surface area contributed by atoms with E-state index in [4.69, 9.17) is 5.26 Å². The monoisotopic (exact) mass is 324 g/mol. The predicted molar refractivity (Wildman–Crippen MR) is 89.2 cm³/mol. The number of benzene rings is 2. The maximum absolute atomic E-state index is 12.1. The van der Waals surface area contributed by atoms with Crippen LogP contribution in [0.25, 0.3) is 0 Å². The summed E-state index contributed by atoms with van der Waals surface area (Å²) in [7, 11) is 0. The molecule has 0 saturated heterocycles. The lowest BCUT2D eigenvalue weighted by Gasteiger charge is -2.15. The minimum absolute atomic E-state index is 0.0538. The van der Waals surface area contributed by atoms with Crippen LogP contribution in [0.5, 0.6) is 0 Å². The molecule has 0 radical (unpaired) electrons. The third-order valence-corrected chi connectivity index (χ3v) is 3.40. The van der Waals surface area contributed by atoms with Gasteiger partial charge < -0.3 is 10.6 Å². The van der Waals surface area contributed by atoms with Gasteiger partial charge in [0.1, 0.15) is 17.7 Å². The highest BCUT2D eigenvalue weighted by molar-refractivity contribution is 5.84. The van der Waals surface area contributed by atoms with Crippen molar-refractivity contribution in [3.63, 3.8) is 0 Å². The summed E-state index contributed by atoms with van der Waals surface area (Å²) in [6, 6.07) is 14.8. The number of carbonyl (C=O) groups excluding carboxylic acids is 1. The Hall–Kier alpha value is -3.40. The van der Waals surface area contributed by atoms with E-state index in [1.54, 1.807) is 13.0 Å². The molecule has 1 atom stereocenters. The molecule has 2 aromatic rings. The summed E-state index contributed by atoms with van der Waals surface area (Å²) < 4.78 is 0. The SMILES string of the molecule is C[C@H](Nc1ccc([N+](=O)[O-])c(C#N)c1)C(=O)NCc1ccccc1. The first-order valence-electron chi connectivity index (χ1n) is 7.28. The van der Waals surface area contributed by atoms with Crippen LogP contribution in [-0.4, -0.2) is 16.9 Å². The highest BCUT2D eigenvalue weighted by Gasteiger charge is 2.16. The minimum Gasteiger partial charge on any atom is -0.374 e. The molecular formula is C17H16N4O3. The molecule has 2 rings (SSSR count). The molecule has 7 nitrogen and oxygen atoms in total. The van der Waals surface area contributed by atoms with Gasteiger partial charge in [0.2, 0.25) is 5.91 Å². The molecule has 0 bridgehead atoms. The minimum atomic E-state index is -0.613. The van der Waals surface area contributed by atoms with Gasteiger partial charge in [0.15, 0.2) is 0 Å². The Morgan fingerprint density at radius 1 is 1.29 bits per heavy atom. The predicted octanol–water partition coefficient (Wildman–Crippen LogP) is 2.58. The van der Waals surface area contributed by atoms with Gasteiger partial charge in [0.05, 0.1) is 4.92 Å². The lowest BCUT2D eigenvalue weighted by molar-refractivity contribution is -0.385. The number of rotatable bonds is 6. The molecule has 24 heavy (non-hydrogen) atoms. The second-order valence-electron chi connectivity index (χ2n) is 5.17. The molecule has 0 aliphatic heterocycles. The molecule has 0 aromatic heterocycles. The molecule has 7 heteroatoms. The van der Waals surface area contributed by atoms with Crippen molar-refractivity contribution < 1.29 is 9.72 Å². The number of nitro groups is 1. The second kappa shape index (κ2) is 7.74. The Bertz CT molecular complexity index is 784. The summed E-state index contributed by atoms with van der Waals surface area (Å²) in [6.07, 6.45) is 0. The number of hydrogen-bond acceptors (Lipinski definition) is 5. The maximum atomic E-state index is 12.1. The summed E-state index contributed by atoms with van der Waals surface area (Å²) in [6.45, 7) is 2.09. The van der Waals surface area contributed by atoms with E-state index < -0.39 is 11.0 Å². The number of carbonyl (C=O) groups is 1. The summed E-state index contributed by atoms with van der Waals surface area (Å²) >= 11 is 0. The fourth-order valence-corrected chi connectivity index (χ4v) is 2.13. The van der Waals surface area contributed by atoms with E-state index in [0.717, 1.165) is 5.56 Å². The number of nitrogens with zero attached hydrogens (tertiary/aromatic N) is 2. The third-order valence-electron chi connectivity index (χ3n) is 3.40. The van der Waals surface area contributed by atoms with E-state index in [1.807, 2.05) is 30.3 Å². The van der Waals surface area contributed by atoms with Gasteiger partial charge >= 0.3 is 0 Å². The lowest BCUT2D eigenvalue weighted by atomic mass is 10.1. The van der Waals surface area contributed by atoms with Crippen LogP contribution in [0, 0.1) is 21.4 Å². The molecule has 0 aliphatic carbocycles. The van der Waals surface area contributed by atoms with Crippen LogP contribution in [0.3, 0.4) is 0 Å². The molecule has 0 unspecified atom stereocenters. The summed E-state index contributed by atoms with van der Waals surface area (Å²) in [4.78, 5) is 22.3. The number of nitro benzene ring substituents is 1. The standard InChI is InChI=1S/C17H16N4O3/c1-12(17(22)19-11-13-5-3-2-4-6-13)20-15-7-8-16(21(23)24)14(9-15)10-18/h2-9,12,20H,11H2,1H3,(H,19,22)/t12-/m0/s1. The topological polar surface area (TPSA) is 108 Å². The highest BCUT2D eigenvalue weighted by atomic mass is 16.6. The largest absolute Gasteiger partial charge is 0.374 e. The van der Waals surface area contributed by atoms with Crippen LogP contribution >= 0.6 is 0 Å². The van der Waals surface area contributed by atoms with Crippen molar-refractivity contribution in [2.24, 2.45) is 0 Å². The van der Waals surface area contributed by atoms with Crippen LogP contribution in [-0.2, 0) is 11.3 Å². The molecule has 0 spiro atoms. The van der Waals surface area contributed by atoms with Gasteiger partial charge in [-0.2, -0.15) is 5.26 Å². The van der Waals surface area contributed by atoms with E-state index in [1.165, 1.54) is 18.2 Å². The van der Waals surface area contributed by atoms with Crippen molar-refractivity contribution >= 4 is 17.3 Å². The fraction of sp³-hybridized carbons (Fsp3) is 0.176. The van der Waals surface area contributed by atoms with Crippen LogP contribution in [0.4, 0.5) is 11.4 Å². The molecule has 1 amide bonds. The van der Waals surface area contributed by atoms with Crippen molar-refractivity contribution in [2.45, 2.75) is 19.5 Å². The molecule has 2 N–H and O–H groups in total. The van der Waals surface area contributed by atoms with Crippen molar-refractivity contribution in [2.75, 3.05) is 5.32 Å². The second-order valence-corrected chi connectivity index (χ2v) is 5.17. The molecule has 0 aliphatic rings. The quantitative estimate of drug-likeness (QED) is 0.627. The Morgan fingerprint density at radius 2 is 2.00 bits per heavy atom. The van der Waals surface area contributed by atoms with E-state index in [9.17, 15) is 14.9 Å². The molecule has 0 fully saturated rings. The number of anilines is 1. The number of nitriles is 1. The van der Waals surface area contributed by atoms with Gasteiger partial charge in [-0.1, -0.05) is 30.3 Å². The first kappa shape index (κ1) is 17.0. The highest BCUT2D eigenvalue weighted by Crippen LogP contribution is 2.22. The zero-order valence-corrected chi connectivity index (χ0v) is 13.0. The fourth-order valence-electron chi connectivity index (χ4n) is 2.13. The van der Waals surface area contributed by atoms with Gasteiger partial charge in [0, 0.05) is 18.3 Å². The van der Waals surface area contributed by atoms with E-state index in [-0.39, 0.29) is 17.2 Å². The average molecular weight is 324 g/mol. The first-order chi connectivity index (χ1) is 11.5. The van der Waals surface area contributed by atoms with Crippen LogP contribution < -0.4 is 10.6 Å². The molecule has 2 aromatic carbocycles. The van der Waals surface area contributed by atoms with Gasteiger partial charge in [-0.05, 0) is 24.6 Å². The van der Waals surface area contributed by atoms with Crippen molar-refractivity contribution in [3.8, 4) is 6.07 Å². The maximum Gasteiger partial charge on any atom is 0.287 e. The van der Waals surface area contributed by atoms with Gasteiger partial charge in [-0.15, -0.1) is 0 Å². The zero-order valence-electron chi connectivity index (χ0n) is 13.0. The molecular weight excluding hydrogens is 308 g/mol. The van der Waals surface area contributed by atoms with Crippen molar-refractivity contribution in [3.05, 3.63) is 69.8 Å². The Kier molecular flexibility index (Phi) is 5.47. The van der Waals surface area contributed by atoms with E-state index in [0.29, 0.717) is 12.2 Å². The normalized spacial score (nSPS) is 11.2. The van der Waals surface area contributed by atoms with Crippen LogP contribution in [0.15, 0.2) is 48.5 Å². The summed E-state index contributed by atoms with van der Waals surface area (Å²) in [5.41, 5.74) is 1.14. The van der Waals surface area contributed by atoms with Crippen molar-refractivity contribution in [1.29, 1.82) is 5.26 Å². The van der Waals surface area contributed by atoms with E-state index >= 15 is 0 Å². The van der Waals surface area contributed by atoms with E-state index in [2.05, 4.69) is 10.6 Å². The smallest absolute Gasteiger partial charge is 0.287 e. The zero-order chi connectivity index (χ0) is 17.5. The van der Waals surface area contributed by atoms with Gasteiger partial charge in [-0.3, -0.25) is 14.9 Å². The van der Waals surface area contributed by atoms with Crippen LogP contribution in [0.2, 0.25) is 0 Å². The lowest BCUT2D eigenvalue weighted by Crippen LogP contribution is -2.37. The Labute approximate surface area is 139 Å². The van der Waals surface area contributed by atoms with Crippen LogP contribution in [0.1, 0.15) is 18.1 Å². The summed E-state index contributed by atoms with van der Waals surface area (Å²) in [5, 5.41) is 25.5. The molecule has 122 valence electrons. The van der Waals surface area contributed by atoms with Gasteiger partial charge in [0.25, 0.3) is 5.69 Å². The number of hydrogen-bond donors (Lipinski definition) is 2. The number of nitrogens with one attached hydrogen (secondary N) is 2. The summed E-state index contributed by atoms with van der Waals surface area (Å²) in [5.74, 6) is -0.212. The number of amides is 1. The average Bonchev–Trinajstić information content (AvgIpc) is 2.60. The Balaban J connectivity index is 1.98. The third kappa shape index (κ3) is 4.30. The van der Waals surface area contributed by atoms with Crippen molar-refractivity contribution in [1.82, 2.24) is 5.32 Å². The van der Waals surface area contributed by atoms with Gasteiger partial charge in [-0.25, -0.2) is 0 Å². The Morgan fingerprint density at radius 3 is 2.62 bits per heavy atom. The molecule has 0 saturated carbocycles. The first-order valence-corrected chi connectivity index (χ1v) is 7.28. The molecule has 0 heterocycles.